The Morgan fingerprint density at radius 3 is 2.32 bits per heavy atom. The maximum atomic E-state index is 12.3. The fourth-order valence-corrected chi connectivity index (χ4v) is 4.14. The van der Waals surface area contributed by atoms with Gasteiger partial charge < -0.3 is 9.64 Å². The van der Waals surface area contributed by atoms with Crippen LogP contribution in [-0.4, -0.2) is 91.9 Å². The zero-order valence-electron chi connectivity index (χ0n) is 14.5. The molecule has 0 N–H and O–H groups in total. The molecule has 0 aromatic heterocycles. The third-order valence-corrected chi connectivity index (χ3v) is 5.92. The van der Waals surface area contributed by atoms with Crippen molar-refractivity contribution >= 4 is 29.3 Å². The summed E-state index contributed by atoms with van der Waals surface area (Å²) in [6, 6.07) is 8.02. The summed E-state index contributed by atoms with van der Waals surface area (Å²) in [5.41, 5.74) is 0. The predicted octanol–water partition coefficient (Wildman–Crippen LogP) is 1.91. The number of ether oxygens (including phenoxy) is 1. The quantitative estimate of drug-likeness (QED) is 0.701. The SMILES string of the molecule is O=C(CN1CCN(CCSc2ccc(Cl)cc2)CC1)N1CCOCC1. The molecule has 5 nitrogen and oxygen atoms in total. The van der Waals surface area contributed by atoms with Crippen LogP contribution in [0, 0.1) is 0 Å². The van der Waals surface area contributed by atoms with E-state index < -0.39 is 0 Å². The highest BCUT2D eigenvalue weighted by molar-refractivity contribution is 7.99. The van der Waals surface area contributed by atoms with Crippen LogP contribution in [0.1, 0.15) is 0 Å². The predicted molar refractivity (Wildman–Crippen MR) is 102 cm³/mol. The monoisotopic (exact) mass is 383 g/mol. The van der Waals surface area contributed by atoms with Crippen LogP contribution in [0.4, 0.5) is 0 Å². The minimum absolute atomic E-state index is 0.245. The Bertz CT molecular complexity index is 544. The highest BCUT2D eigenvalue weighted by Gasteiger charge is 2.22. The van der Waals surface area contributed by atoms with E-state index in [9.17, 15) is 4.79 Å². The molecule has 2 aliphatic heterocycles. The number of amides is 1. The van der Waals surface area contributed by atoms with Crippen molar-refractivity contribution in [3.63, 3.8) is 0 Å². The molecule has 0 aliphatic carbocycles. The summed E-state index contributed by atoms with van der Waals surface area (Å²) in [5, 5.41) is 0.784. The smallest absolute Gasteiger partial charge is 0.236 e. The molecule has 3 rings (SSSR count). The molecule has 0 radical (unpaired) electrons. The van der Waals surface area contributed by atoms with Gasteiger partial charge >= 0.3 is 0 Å². The molecule has 138 valence electrons. The lowest BCUT2D eigenvalue weighted by Gasteiger charge is -2.36. The third kappa shape index (κ3) is 6.15. The Labute approximate surface area is 159 Å². The normalized spacial score (nSPS) is 20.0. The number of thioether (sulfide) groups is 1. The summed E-state index contributed by atoms with van der Waals surface area (Å²) in [7, 11) is 0. The van der Waals surface area contributed by atoms with Crippen LogP contribution in [0.3, 0.4) is 0 Å². The first-order valence-corrected chi connectivity index (χ1v) is 10.3. The van der Waals surface area contributed by atoms with Crippen molar-refractivity contribution in [1.29, 1.82) is 0 Å². The van der Waals surface area contributed by atoms with E-state index in [1.807, 2.05) is 28.8 Å². The Kier molecular flexibility index (Phi) is 7.43. The van der Waals surface area contributed by atoms with Crippen LogP contribution in [-0.2, 0) is 9.53 Å². The number of hydrogen-bond acceptors (Lipinski definition) is 5. The summed E-state index contributed by atoms with van der Waals surface area (Å²) in [6.45, 7) is 8.47. The van der Waals surface area contributed by atoms with E-state index in [2.05, 4.69) is 21.9 Å². The van der Waals surface area contributed by atoms with Gasteiger partial charge in [0.2, 0.25) is 5.91 Å². The van der Waals surface area contributed by atoms with Crippen LogP contribution in [0.2, 0.25) is 5.02 Å². The van der Waals surface area contributed by atoms with Crippen LogP contribution in [0.5, 0.6) is 0 Å². The van der Waals surface area contributed by atoms with Gasteiger partial charge in [-0.05, 0) is 24.3 Å². The molecule has 25 heavy (non-hydrogen) atoms. The lowest BCUT2D eigenvalue weighted by molar-refractivity contribution is -0.136. The van der Waals surface area contributed by atoms with Crippen LogP contribution in [0.15, 0.2) is 29.2 Å². The molecular weight excluding hydrogens is 358 g/mol. The second-order valence-corrected chi connectivity index (χ2v) is 8.02. The van der Waals surface area contributed by atoms with Crippen molar-refractivity contribution in [3.05, 3.63) is 29.3 Å². The summed E-state index contributed by atoms with van der Waals surface area (Å²) in [4.78, 5) is 20.3. The van der Waals surface area contributed by atoms with Crippen molar-refractivity contribution in [1.82, 2.24) is 14.7 Å². The second kappa shape index (κ2) is 9.78. The van der Waals surface area contributed by atoms with E-state index in [-0.39, 0.29) is 5.91 Å². The number of piperazine rings is 1. The van der Waals surface area contributed by atoms with Gasteiger partial charge in [-0.3, -0.25) is 14.6 Å². The van der Waals surface area contributed by atoms with E-state index in [1.165, 1.54) is 4.90 Å². The maximum absolute atomic E-state index is 12.3. The molecule has 1 aromatic carbocycles. The van der Waals surface area contributed by atoms with Gasteiger partial charge in [0.15, 0.2) is 0 Å². The average molecular weight is 384 g/mol. The molecule has 2 heterocycles. The number of morpholine rings is 1. The highest BCUT2D eigenvalue weighted by atomic mass is 35.5. The van der Waals surface area contributed by atoms with Gasteiger partial charge in [0, 0.05) is 61.5 Å². The fourth-order valence-electron chi connectivity index (χ4n) is 3.10. The first kappa shape index (κ1) is 19.0. The Morgan fingerprint density at radius 1 is 1.00 bits per heavy atom. The van der Waals surface area contributed by atoms with E-state index in [1.54, 1.807) is 0 Å². The molecule has 1 aromatic rings. The van der Waals surface area contributed by atoms with E-state index >= 15 is 0 Å². The number of carbonyl (C=O) groups is 1. The van der Waals surface area contributed by atoms with Crippen molar-refractivity contribution in [3.8, 4) is 0 Å². The summed E-state index contributed by atoms with van der Waals surface area (Å²) < 4.78 is 5.31. The molecule has 0 bridgehead atoms. The Balaban J connectivity index is 1.31. The molecule has 2 saturated heterocycles. The molecule has 1 amide bonds. The summed E-state index contributed by atoms with van der Waals surface area (Å²) >= 11 is 7.78. The Morgan fingerprint density at radius 2 is 1.64 bits per heavy atom. The molecule has 0 saturated carbocycles. The number of halogens is 1. The van der Waals surface area contributed by atoms with E-state index in [0.717, 1.165) is 56.6 Å². The van der Waals surface area contributed by atoms with Gasteiger partial charge in [-0.15, -0.1) is 11.8 Å². The summed E-state index contributed by atoms with van der Waals surface area (Å²) in [5.74, 6) is 1.32. The standard InChI is InChI=1S/C18H26ClN3O2S/c19-16-1-3-17(4-2-16)25-14-11-20-5-7-21(8-6-20)15-18(23)22-9-12-24-13-10-22/h1-4H,5-15H2. The third-order valence-electron chi connectivity index (χ3n) is 4.68. The summed E-state index contributed by atoms with van der Waals surface area (Å²) in [6.07, 6.45) is 0. The van der Waals surface area contributed by atoms with Crippen molar-refractivity contribution < 1.29 is 9.53 Å². The lowest BCUT2D eigenvalue weighted by atomic mass is 10.3. The molecule has 0 unspecified atom stereocenters. The van der Waals surface area contributed by atoms with Gasteiger partial charge in [-0.1, -0.05) is 11.6 Å². The van der Waals surface area contributed by atoms with Gasteiger partial charge in [-0.25, -0.2) is 0 Å². The molecular formula is C18H26ClN3O2S. The van der Waals surface area contributed by atoms with Crippen LogP contribution >= 0.6 is 23.4 Å². The topological polar surface area (TPSA) is 36.0 Å². The largest absolute Gasteiger partial charge is 0.378 e. The van der Waals surface area contributed by atoms with Gasteiger partial charge in [0.1, 0.15) is 0 Å². The number of hydrogen-bond donors (Lipinski definition) is 0. The van der Waals surface area contributed by atoms with Gasteiger partial charge in [0.25, 0.3) is 0 Å². The number of benzene rings is 1. The zero-order chi connectivity index (χ0) is 17.5. The molecule has 2 fully saturated rings. The number of carbonyl (C=O) groups excluding carboxylic acids is 1. The lowest BCUT2D eigenvalue weighted by Crippen LogP contribution is -2.51. The first-order valence-electron chi connectivity index (χ1n) is 8.89. The minimum Gasteiger partial charge on any atom is -0.378 e. The Hall–Kier alpha value is -0.790. The zero-order valence-corrected chi connectivity index (χ0v) is 16.1. The minimum atomic E-state index is 0.245. The molecule has 0 spiro atoms. The average Bonchev–Trinajstić information content (AvgIpc) is 2.65. The van der Waals surface area contributed by atoms with Crippen LogP contribution in [0.25, 0.3) is 0 Å². The van der Waals surface area contributed by atoms with E-state index in [0.29, 0.717) is 19.8 Å². The molecule has 0 atom stereocenters. The van der Waals surface area contributed by atoms with Crippen LogP contribution < -0.4 is 0 Å². The first-order chi connectivity index (χ1) is 12.2. The van der Waals surface area contributed by atoms with Crippen molar-refractivity contribution in [2.45, 2.75) is 4.90 Å². The fraction of sp³-hybridized carbons (Fsp3) is 0.611. The highest BCUT2D eigenvalue weighted by Crippen LogP contribution is 2.20. The van der Waals surface area contributed by atoms with Gasteiger partial charge in [-0.2, -0.15) is 0 Å². The van der Waals surface area contributed by atoms with Gasteiger partial charge in [0.05, 0.1) is 19.8 Å². The number of rotatable bonds is 6. The second-order valence-electron chi connectivity index (χ2n) is 6.41. The van der Waals surface area contributed by atoms with Crippen molar-refractivity contribution in [2.75, 3.05) is 71.3 Å². The van der Waals surface area contributed by atoms with E-state index in [4.69, 9.17) is 16.3 Å². The molecule has 7 heteroatoms. The number of nitrogens with zero attached hydrogens (tertiary/aromatic N) is 3. The molecule has 2 aliphatic rings. The van der Waals surface area contributed by atoms with Crippen molar-refractivity contribution in [2.24, 2.45) is 0 Å². The maximum Gasteiger partial charge on any atom is 0.236 e.